The Balaban J connectivity index is 0.000000765. The van der Waals surface area contributed by atoms with Crippen LogP contribution in [0.4, 0.5) is 18.9 Å². The van der Waals surface area contributed by atoms with Crippen molar-refractivity contribution in [1.29, 1.82) is 5.26 Å². The van der Waals surface area contributed by atoms with Crippen LogP contribution in [0.5, 0.6) is 5.88 Å². The Hall–Kier alpha value is -3.32. The highest BCUT2D eigenvalue weighted by atomic mass is 19.4. The maximum absolute atomic E-state index is 13.1. The van der Waals surface area contributed by atoms with Crippen molar-refractivity contribution < 1.29 is 22.7 Å². The number of halogens is 3. The van der Waals surface area contributed by atoms with E-state index in [9.17, 15) is 13.2 Å². The van der Waals surface area contributed by atoms with E-state index in [0.717, 1.165) is 6.07 Å². The number of ether oxygens (including phenoxy) is 1. The third-order valence-electron chi connectivity index (χ3n) is 3.02. The zero-order chi connectivity index (χ0) is 19.6. The number of alkyl halides is 3. The van der Waals surface area contributed by atoms with Crippen LogP contribution in [-0.4, -0.2) is 18.4 Å². The van der Waals surface area contributed by atoms with Gasteiger partial charge in [-0.15, -0.1) is 0 Å². The van der Waals surface area contributed by atoms with Crippen molar-refractivity contribution >= 4 is 12.1 Å². The van der Waals surface area contributed by atoms with E-state index in [1.54, 1.807) is 11.5 Å². The average Bonchev–Trinajstić information content (AvgIpc) is 2.65. The van der Waals surface area contributed by atoms with Crippen LogP contribution in [0.1, 0.15) is 16.8 Å². The number of benzene rings is 1. The van der Waals surface area contributed by atoms with Gasteiger partial charge in [-0.25, -0.2) is 10.8 Å². The van der Waals surface area contributed by atoms with Gasteiger partial charge in [-0.2, -0.15) is 18.4 Å². The van der Waals surface area contributed by atoms with E-state index in [1.165, 1.54) is 31.3 Å². The van der Waals surface area contributed by atoms with Crippen molar-refractivity contribution in [1.82, 2.24) is 10.4 Å². The summed E-state index contributed by atoms with van der Waals surface area (Å²) in [6.07, 6.45) is -4.08. The smallest absolute Gasteiger partial charge is 0.416 e. The minimum atomic E-state index is -4.48. The summed E-state index contributed by atoms with van der Waals surface area (Å²) < 4.78 is 44.5. The molecule has 0 unspecified atom stereocenters. The van der Waals surface area contributed by atoms with E-state index < -0.39 is 11.7 Å². The van der Waals surface area contributed by atoms with Crippen LogP contribution in [0.25, 0.3) is 0 Å². The van der Waals surface area contributed by atoms with E-state index in [4.69, 9.17) is 14.8 Å². The maximum atomic E-state index is 13.1. The highest BCUT2D eigenvalue weighted by Crippen LogP contribution is 2.35. The second kappa shape index (κ2) is 9.85. The summed E-state index contributed by atoms with van der Waals surface area (Å²) in [6, 6.07) is 10.2. The molecule has 0 atom stereocenters. The lowest BCUT2D eigenvalue weighted by Gasteiger charge is -2.17. The summed E-state index contributed by atoms with van der Waals surface area (Å²) in [7, 11) is 1.54. The van der Waals surface area contributed by atoms with Crippen LogP contribution in [0.3, 0.4) is 0 Å². The molecule has 0 saturated carbocycles. The molecule has 4 N–H and O–H groups in total. The standard InChI is InChI=1S/C15H12F3N3O.CH4N2O/c1-20-13-6-3-5-12(15(16,17)18)11(13)9-22-14-7-2-4-10(8-19)21-14;2-3-1-4/h2-7,20H,9H2,1H3;1H,2H2,(H,3,4). The van der Waals surface area contributed by atoms with Gasteiger partial charge in [-0.1, -0.05) is 12.1 Å². The van der Waals surface area contributed by atoms with E-state index in [1.807, 2.05) is 6.07 Å². The van der Waals surface area contributed by atoms with Crippen molar-refractivity contribution in [2.45, 2.75) is 12.8 Å². The number of carbonyl (C=O) groups excluding carboxylic acids is 1. The minimum absolute atomic E-state index is 0.0124. The summed E-state index contributed by atoms with van der Waals surface area (Å²) in [6.45, 7) is -0.312. The number of hydrazine groups is 1. The van der Waals surface area contributed by atoms with Gasteiger partial charge >= 0.3 is 6.18 Å². The molecule has 1 aromatic carbocycles. The number of pyridine rings is 1. The number of anilines is 1. The van der Waals surface area contributed by atoms with E-state index in [0.29, 0.717) is 12.1 Å². The largest absolute Gasteiger partial charge is 0.473 e. The Labute approximate surface area is 147 Å². The zero-order valence-electron chi connectivity index (χ0n) is 13.7. The van der Waals surface area contributed by atoms with Crippen molar-refractivity contribution in [2.75, 3.05) is 12.4 Å². The van der Waals surface area contributed by atoms with Gasteiger partial charge in [0.1, 0.15) is 18.4 Å². The second-order valence-corrected chi connectivity index (χ2v) is 4.63. The summed E-state index contributed by atoms with van der Waals surface area (Å²) in [5, 5.41) is 11.5. The molecule has 0 saturated heterocycles. The number of nitriles is 1. The van der Waals surface area contributed by atoms with Crippen LogP contribution >= 0.6 is 0 Å². The molecule has 1 amide bonds. The molecule has 0 bridgehead atoms. The molecule has 26 heavy (non-hydrogen) atoms. The second-order valence-electron chi connectivity index (χ2n) is 4.63. The third-order valence-corrected chi connectivity index (χ3v) is 3.02. The predicted molar refractivity (Wildman–Crippen MR) is 87.7 cm³/mol. The fraction of sp³-hybridized carbons (Fsp3) is 0.188. The number of carbonyl (C=O) groups is 1. The van der Waals surface area contributed by atoms with Gasteiger partial charge in [0.15, 0.2) is 0 Å². The number of amides is 1. The van der Waals surface area contributed by atoms with Gasteiger partial charge in [0.2, 0.25) is 12.3 Å². The van der Waals surface area contributed by atoms with Crippen LogP contribution < -0.4 is 21.3 Å². The molecule has 2 rings (SSSR count). The summed E-state index contributed by atoms with van der Waals surface area (Å²) in [5.74, 6) is 4.51. The van der Waals surface area contributed by atoms with Gasteiger partial charge in [0.25, 0.3) is 0 Å². The van der Waals surface area contributed by atoms with Crippen molar-refractivity contribution in [3.8, 4) is 11.9 Å². The number of hydrogen-bond acceptors (Lipinski definition) is 6. The average molecular weight is 367 g/mol. The van der Waals surface area contributed by atoms with Crippen LogP contribution in [0.15, 0.2) is 36.4 Å². The van der Waals surface area contributed by atoms with Gasteiger partial charge in [-0.05, 0) is 18.2 Å². The molecule has 0 aliphatic rings. The first-order chi connectivity index (χ1) is 12.4. The van der Waals surface area contributed by atoms with E-state index >= 15 is 0 Å². The zero-order valence-corrected chi connectivity index (χ0v) is 13.7. The number of hydrogen-bond donors (Lipinski definition) is 3. The molecule has 2 aromatic rings. The van der Waals surface area contributed by atoms with Crippen LogP contribution in [-0.2, 0) is 17.6 Å². The molecule has 0 radical (unpaired) electrons. The first kappa shape index (κ1) is 20.7. The molecule has 7 nitrogen and oxygen atoms in total. The lowest BCUT2D eigenvalue weighted by Crippen LogP contribution is -2.18. The van der Waals surface area contributed by atoms with E-state index in [-0.39, 0.29) is 23.7 Å². The Morgan fingerprint density at radius 3 is 2.50 bits per heavy atom. The highest BCUT2D eigenvalue weighted by Gasteiger charge is 2.34. The van der Waals surface area contributed by atoms with Crippen molar-refractivity contribution in [3.05, 3.63) is 53.2 Å². The molecule has 0 fully saturated rings. The number of aromatic nitrogens is 1. The molecular weight excluding hydrogens is 351 g/mol. The van der Waals surface area contributed by atoms with Crippen LogP contribution in [0, 0.1) is 11.3 Å². The Bertz CT molecular complexity index is 775. The number of nitrogens with zero attached hydrogens (tertiary/aromatic N) is 2. The van der Waals surface area contributed by atoms with Gasteiger partial charge in [-0.3, -0.25) is 10.2 Å². The fourth-order valence-corrected chi connectivity index (χ4v) is 1.95. The van der Waals surface area contributed by atoms with Crippen molar-refractivity contribution in [3.63, 3.8) is 0 Å². The summed E-state index contributed by atoms with van der Waals surface area (Å²) >= 11 is 0. The Kier molecular flexibility index (Phi) is 7.85. The first-order valence-electron chi connectivity index (χ1n) is 7.14. The Morgan fingerprint density at radius 1 is 1.31 bits per heavy atom. The van der Waals surface area contributed by atoms with E-state index in [2.05, 4.69) is 16.1 Å². The fourth-order valence-electron chi connectivity index (χ4n) is 1.95. The Morgan fingerprint density at radius 2 is 1.96 bits per heavy atom. The monoisotopic (exact) mass is 367 g/mol. The summed E-state index contributed by atoms with van der Waals surface area (Å²) in [5.41, 5.74) is 1.43. The van der Waals surface area contributed by atoms with Gasteiger partial charge in [0, 0.05) is 24.4 Å². The molecule has 10 heteroatoms. The quantitative estimate of drug-likeness (QED) is 0.323. The maximum Gasteiger partial charge on any atom is 0.416 e. The van der Waals surface area contributed by atoms with Crippen LogP contribution in [0.2, 0.25) is 0 Å². The van der Waals surface area contributed by atoms with Crippen molar-refractivity contribution in [2.24, 2.45) is 5.84 Å². The predicted octanol–water partition coefficient (Wildman–Crippen LogP) is 2.20. The highest BCUT2D eigenvalue weighted by molar-refractivity contribution is 5.55. The SMILES string of the molecule is CNc1cccc(C(F)(F)F)c1COc1cccc(C#N)n1.NNC=O. The number of nitrogens with one attached hydrogen (secondary N) is 2. The molecule has 0 aliphatic heterocycles. The molecule has 0 aliphatic carbocycles. The molecule has 138 valence electrons. The summed E-state index contributed by atoms with van der Waals surface area (Å²) in [4.78, 5) is 12.8. The molecular formula is C16H16F3N5O2. The number of nitrogens with two attached hydrogens (primary N) is 1. The topological polar surface area (TPSA) is 113 Å². The van der Waals surface area contributed by atoms with Gasteiger partial charge in [0.05, 0.1) is 5.56 Å². The van der Waals surface area contributed by atoms with Gasteiger partial charge < -0.3 is 10.1 Å². The lowest BCUT2D eigenvalue weighted by atomic mass is 10.1. The lowest BCUT2D eigenvalue weighted by molar-refractivity contribution is -0.138. The number of rotatable bonds is 5. The minimum Gasteiger partial charge on any atom is -0.473 e. The third kappa shape index (κ3) is 5.95. The normalized spacial score (nSPS) is 10.0. The molecule has 0 spiro atoms. The first-order valence-corrected chi connectivity index (χ1v) is 7.14. The molecule has 1 aromatic heterocycles. The molecule has 1 heterocycles.